The average molecular weight is 289 g/mol. The molecule has 2 heterocycles. The number of furan rings is 1. The summed E-state index contributed by atoms with van der Waals surface area (Å²) in [5.74, 6) is -0.269. The first kappa shape index (κ1) is 12.7. The van der Waals surface area contributed by atoms with Gasteiger partial charge in [-0.25, -0.2) is 0 Å². The lowest BCUT2D eigenvalue weighted by molar-refractivity contribution is -0.133. The van der Waals surface area contributed by atoms with Crippen LogP contribution in [-0.4, -0.2) is 31.6 Å². The first-order chi connectivity index (χ1) is 9.66. The van der Waals surface area contributed by atoms with E-state index in [-0.39, 0.29) is 5.75 Å². The number of hydrogen-bond acceptors (Lipinski definition) is 5. The third-order valence-corrected chi connectivity index (χ3v) is 3.89. The Bertz CT molecular complexity index is 778. The van der Waals surface area contributed by atoms with Crippen molar-refractivity contribution in [3.8, 4) is 11.4 Å². The van der Waals surface area contributed by atoms with E-state index in [0.29, 0.717) is 11.0 Å². The fourth-order valence-electron chi connectivity index (χ4n) is 1.95. The molecule has 0 fully saturated rings. The molecule has 0 saturated carbocycles. The fourth-order valence-corrected chi connectivity index (χ4v) is 2.58. The molecule has 6 nitrogen and oxygen atoms in total. The largest absolute Gasteiger partial charge is 0.481 e. The number of hydrogen-bond donors (Lipinski definition) is 1. The van der Waals surface area contributed by atoms with E-state index in [1.165, 1.54) is 0 Å². The molecule has 1 N–H and O–H groups in total. The van der Waals surface area contributed by atoms with Crippen molar-refractivity contribution in [3.05, 3.63) is 30.5 Å². The van der Waals surface area contributed by atoms with E-state index < -0.39 is 5.97 Å². The van der Waals surface area contributed by atoms with Gasteiger partial charge in [-0.2, -0.15) is 0 Å². The van der Waals surface area contributed by atoms with Gasteiger partial charge in [0.2, 0.25) is 0 Å². The molecule has 0 aliphatic heterocycles. The molecule has 0 amide bonds. The second-order valence-electron chi connectivity index (χ2n) is 4.19. The van der Waals surface area contributed by atoms with E-state index in [4.69, 9.17) is 9.52 Å². The smallest absolute Gasteiger partial charge is 0.313 e. The predicted molar refractivity (Wildman–Crippen MR) is 74.6 cm³/mol. The van der Waals surface area contributed by atoms with Crippen LogP contribution in [0.15, 0.2) is 40.1 Å². The number of thioether (sulfide) groups is 1. The molecule has 3 rings (SSSR count). The summed E-state index contributed by atoms with van der Waals surface area (Å²) in [6, 6.07) is 7.67. The lowest BCUT2D eigenvalue weighted by Crippen LogP contribution is -2.00. The minimum absolute atomic E-state index is 0.0435. The molecule has 7 heteroatoms. The summed E-state index contributed by atoms with van der Waals surface area (Å²) in [5, 5.41) is 18.4. The van der Waals surface area contributed by atoms with Crippen LogP contribution in [0.5, 0.6) is 0 Å². The van der Waals surface area contributed by atoms with Gasteiger partial charge in [0, 0.05) is 12.4 Å². The summed E-state index contributed by atoms with van der Waals surface area (Å²) in [6.45, 7) is 0. The van der Waals surface area contributed by atoms with Crippen LogP contribution < -0.4 is 0 Å². The van der Waals surface area contributed by atoms with Gasteiger partial charge in [-0.05, 0) is 6.07 Å². The molecular formula is C13H11N3O3S. The van der Waals surface area contributed by atoms with Crippen molar-refractivity contribution in [2.75, 3.05) is 5.75 Å². The molecule has 20 heavy (non-hydrogen) atoms. The molecule has 0 radical (unpaired) electrons. The van der Waals surface area contributed by atoms with Gasteiger partial charge >= 0.3 is 5.97 Å². The topological polar surface area (TPSA) is 81.2 Å². The zero-order valence-corrected chi connectivity index (χ0v) is 11.4. The quantitative estimate of drug-likeness (QED) is 0.743. The van der Waals surface area contributed by atoms with Crippen LogP contribution in [0.4, 0.5) is 0 Å². The normalized spacial score (nSPS) is 11.1. The van der Waals surface area contributed by atoms with Crippen molar-refractivity contribution in [1.82, 2.24) is 14.8 Å². The fraction of sp³-hybridized carbons (Fsp3) is 0.154. The van der Waals surface area contributed by atoms with Crippen LogP contribution in [0.2, 0.25) is 0 Å². The number of carboxylic acid groups (broad SMARTS) is 1. The van der Waals surface area contributed by atoms with Gasteiger partial charge < -0.3 is 14.1 Å². The minimum Gasteiger partial charge on any atom is -0.481 e. The maximum Gasteiger partial charge on any atom is 0.313 e. The third-order valence-electron chi connectivity index (χ3n) is 2.88. The summed E-state index contributed by atoms with van der Waals surface area (Å²) in [4.78, 5) is 10.6. The summed E-state index contributed by atoms with van der Waals surface area (Å²) in [5.41, 5.74) is 1.63. The molecule has 2 aromatic heterocycles. The van der Waals surface area contributed by atoms with Crippen molar-refractivity contribution in [1.29, 1.82) is 0 Å². The molecule has 0 aliphatic carbocycles. The number of carbonyl (C=O) groups is 1. The molecule has 0 aliphatic rings. The van der Waals surface area contributed by atoms with Crippen LogP contribution in [-0.2, 0) is 11.8 Å². The van der Waals surface area contributed by atoms with Gasteiger partial charge in [0.05, 0.1) is 11.3 Å². The predicted octanol–water partition coefficient (Wildman–Crippen LogP) is 2.41. The van der Waals surface area contributed by atoms with Gasteiger partial charge in [-0.3, -0.25) is 4.79 Å². The molecule has 0 spiro atoms. The van der Waals surface area contributed by atoms with Crippen molar-refractivity contribution in [2.24, 2.45) is 7.05 Å². The van der Waals surface area contributed by atoms with Crippen molar-refractivity contribution < 1.29 is 14.3 Å². The van der Waals surface area contributed by atoms with Crippen LogP contribution in [0.1, 0.15) is 0 Å². The number of rotatable bonds is 4. The number of aromatic nitrogens is 3. The molecule has 0 atom stereocenters. The Morgan fingerprint density at radius 3 is 3.00 bits per heavy atom. The van der Waals surface area contributed by atoms with E-state index in [2.05, 4.69) is 10.2 Å². The van der Waals surface area contributed by atoms with Crippen LogP contribution in [0, 0.1) is 0 Å². The lowest BCUT2D eigenvalue weighted by atomic mass is 10.2. The summed E-state index contributed by atoms with van der Waals surface area (Å²) in [7, 11) is 1.81. The Kier molecular flexibility index (Phi) is 3.19. The summed E-state index contributed by atoms with van der Waals surface area (Å²) >= 11 is 1.14. The summed E-state index contributed by atoms with van der Waals surface area (Å²) in [6.07, 6.45) is 1.64. The van der Waals surface area contributed by atoms with Crippen LogP contribution >= 0.6 is 11.8 Å². The van der Waals surface area contributed by atoms with E-state index >= 15 is 0 Å². The molecule has 0 saturated heterocycles. The van der Waals surface area contributed by atoms with Crippen molar-refractivity contribution in [2.45, 2.75) is 5.16 Å². The Morgan fingerprint density at radius 2 is 2.20 bits per heavy atom. The second kappa shape index (κ2) is 5.01. The van der Waals surface area contributed by atoms with Gasteiger partial charge in [0.15, 0.2) is 11.0 Å². The van der Waals surface area contributed by atoms with Gasteiger partial charge in [-0.15, -0.1) is 10.2 Å². The molecule has 3 aromatic rings. The highest BCUT2D eigenvalue weighted by Crippen LogP contribution is 2.30. The number of para-hydroxylation sites is 1. The first-order valence-corrected chi connectivity index (χ1v) is 6.86. The Balaban J connectivity index is 2.00. The standard InChI is InChI=1S/C13H11N3O3S/c1-16-12(14-15-13(16)20-7-11(17)18)9-6-19-10-5-3-2-4-8(9)10/h2-6H,7H2,1H3,(H,17,18). The maximum absolute atomic E-state index is 10.6. The number of fused-ring (bicyclic) bond motifs is 1. The van der Waals surface area contributed by atoms with E-state index in [9.17, 15) is 4.79 Å². The van der Waals surface area contributed by atoms with E-state index in [1.54, 1.807) is 17.9 Å². The SMILES string of the molecule is Cn1c(SCC(=O)O)nnc1-c1coc2ccccc12. The Morgan fingerprint density at radius 1 is 1.40 bits per heavy atom. The van der Waals surface area contributed by atoms with E-state index in [0.717, 1.165) is 28.3 Å². The summed E-state index contributed by atoms with van der Waals surface area (Å²) < 4.78 is 7.25. The van der Waals surface area contributed by atoms with Crippen LogP contribution in [0.25, 0.3) is 22.4 Å². The van der Waals surface area contributed by atoms with Gasteiger partial charge in [0.1, 0.15) is 11.8 Å². The zero-order valence-electron chi connectivity index (χ0n) is 10.6. The first-order valence-electron chi connectivity index (χ1n) is 5.87. The Hall–Kier alpha value is -2.28. The highest BCUT2D eigenvalue weighted by Gasteiger charge is 2.16. The minimum atomic E-state index is -0.881. The van der Waals surface area contributed by atoms with Gasteiger partial charge in [-0.1, -0.05) is 30.0 Å². The molecular weight excluding hydrogens is 278 g/mol. The lowest BCUT2D eigenvalue weighted by Gasteiger charge is -2.01. The van der Waals surface area contributed by atoms with Crippen LogP contribution in [0.3, 0.4) is 0 Å². The third kappa shape index (κ3) is 2.16. The van der Waals surface area contributed by atoms with Gasteiger partial charge in [0.25, 0.3) is 0 Å². The van der Waals surface area contributed by atoms with E-state index in [1.807, 2.05) is 24.3 Å². The number of nitrogens with zero attached hydrogens (tertiary/aromatic N) is 3. The van der Waals surface area contributed by atoms with Crippen molar-refractivity contribution in [3.63, 3.8) is 0 Å². The molecule has 0 unspecified atom stereocenters. The highest BCUT2D eigenvalue weighted by molar-refractivity contribution is 7.99. The highest BCUT2D eigenvalue weighted by atomic mass is 32.2. The second-order valence-corrected chi connectivity index (χ2v) is 5.14. The zero-order chi connectivity index (χ0) is 14.1. The Labute approximate surface area is 118 Å². The molecule has 1 aromatic carbocycles. The average Bonchev–Trinajstić information content (AvgIpc) is 3.00. The van der Waals surface area contributed by atoms with Crippen molar-refractivity contribution >= 4 is 28.7 Å². The molecule has 102 valence electrons. The number of benzene rings is 1. The molecule has 0 bridgehead atoms. The maximum atomic E-state index is 10.6. The number of carboxylic acids is 1. The monoisotopic (exact) mass is 289 g/mol. The number of aliphatic carboxylic acids is 1.